The van der Waals surface area contributed by atoms with Crippen molar-refractivity contribution in [3.05, 3.63) is 35.9 Å². The first kappa shape index (κ1) is 11.6. The van der Waals surface area contributed by atoms with Gasteiger partial charge in [-0.2, -0.15) is 0 Å². The number of aliphatic hydroxyl groups excluding tert-OH is 1. The van der Waals surface area contributed by atoms with E-state index in [-0.39, 0.29) is 25.4 Å². The highest BCUT2D eigenvalue weighted by Gasteiger charge is 2.48. The van der Waals surface area contributed by atoms with E-state index >= 15 is 0 Å². The van der Waals surface area contributed by atoms with Crippen molar-refractivity contribution in [3.8, 4) is 0 Å². The fourth-order valence-corrected chi connectivity index (χ4v) is 2.32. The number of fused-ring (bicyclic) bond motifs is 1. The summed E-state index contributed by atoms with van der Waals surface area (Å²) in [4.78, 5) is 11.9. The Kier molecular flexibility index (Phi) is 3.03. The van der Waals surface area contributed by atoms with E-state index in [4.69, 9.17) is 14.2 Å². The van der Waals surface area contributed by atoms with Crippen LogP contribution in [0.15, 0.2) is 30.3 Å². The van der Waals surface area contributed by atoms with Crippen LogP contribution in [0.2, 0.25) is 0 Å². The van der Waals surface area contributed by atoms with Crippen LogP contribution < -0.4 is 0 Å². The van der Waals surface area contributed by atoms with E-state index in [1.807, 2.05) is 6.07 Å². The maximum Gasteiger partial charge on any atom is 0.338 e. The van der Waals surface area contributed by atoms with Crippen molar-refractivity contribution in [1.29, 1.82) is 0 Å². The molecule has 4 unspecified atom stereocenters. The normalized spacial score (nSPS) is 34.3. The van der Waals surface area contributed by atoms with Crippen molar-refractivity contribution < 1.29 is 24.1 Å². The fourth-order valence-electron chi connectivity index (χ4n) is 2.32. The second kappa shape index (κ2) is 4.68. The number of carbonyl (C=O) groups is 1. The molecular weight excluding hydrogens is 236 g/mol. The molecule has 2 saturated heterocycles. The molecule has 2 fully saturated rings. The Morgan fingerprint density at radius 3 is 2.67 bits per heavy atom. The number of esters is 1. The number of hydrogen-bond acceptors (Lipinski definition) is 5. The molecule has 18 heavy (non-hydrogen) atoms. The van der Waals surface area contributed by atoms with Gasteiger partial charge in [-0.15, -0.1) is 0 Å². The lowest BCUT2D eigenvalue weighted by Gasteiger charge is -2.16. The van der Waals surface area contributed by atoms with E-state index < -0.39 is 18.2 Å². The molecule has 1 aromatic rings. The summed E-state index contributed by atoms with van der Waals surface area (Å²) >= 11 is 0. The summed E-state index contributed by atoms with van der Waals surface area (Å²) in [6, 6.07) is 8.78. The number of carbonyl (C=O) groups excluding carboxylic acids is 1. The van der Waals surface area contributed by atoms with Gasteiger partial charge in [-0.3, -0.25) is 0 Å². The first-order valence-corrected chi connectivity index (χ1v) is 5.93. The molecule has 5 heteroatoms. The third kappa shape index (κ3) is 2.01. The third-order valence-electron chi connectivity index (χ3n) is 3.25. The van der Waals surface area contributed by atoms with Crippen LogP contribution in [-0.2, 0) is 14.2 Å². The van der Waals surface area contributed by atoms with E-state index in [9.17, 15) is 9.90 Å². The molecule has 4 atom stereocenters. The van der Waals surface area contributed by atoms with Crippen LogP contribution in [0.1, 0.15) is 10.4 Å². The fraction of sp³-hybridized carbons (Fsp3) is 0.462. The number of aliphatic hydroxyl groups is 1. The summed E-state index contributed by atoms with van der Waals surface area (Å²) in [5.74, 6) is -0.394. The topological polar surface area (TPSA) is 65.0 Å². The van der Waals surface area contributed by atoms with E-state index in [1.54, 1.807) is 24.3 Å². The molecule has 0 bridgehead atoms. The second-order valence-corrected chi connectivity index (χ2v) is 4.47. The molecule has 2 aliphatic rings. The average molecular weight is 250 g/mol. The summed E-state index contributed by atoms with van der Waals surface area (Å²) in [6.07, 6.45) is -1.80. The maximum absolute atomic E-state index is 11.9. The molecule has 96 valence electrons. The summed E-state index contributed by atoms with van der Waals surface area (Å²) in [6.45, 7) is 0.500. The van der Waals surface area contributed by atoms with Crippen LogP contribution in [0.4, 0.5) is 0 Å². The zero-order chi connectivity index (χ0) is 12.5. The molecular formula is C13H14O5. The molecule has 1 N–H and O–H groups in total. The average Bonchev–Trinajstić information content (AvgIpc) is 2.95. The first-order valence-electron chi connectivity index (χ1n) is 5.93. The Bertz CT molecular complexity index is 432. The Labute approximate surface area is 104 Å². The van der Waals surface area contributed by atoms with Crippen molar-refractivity contribution in [1.82, 2.24) is 0 Å². The Hall–Kier alpha value is -1.43. The Morgan fingerprint density at radius 1 is 1.17 bits per heavy atom. The van der Waals surface area contributed by atoms with E-state index in [2.05, 4.69) is 0 Å². The predicted molar refractivity (Wildman–Crippen MR) is 61.1 cm³/mol. The van der Waals surface area contributed by atoms with Crippen LogP contribution in [0, 0.1) is 0 Å². The monoisotopic (exact) mass is 250 g/mol. The molecule has 2 aliphatic heterocycles. The molecule has 3 rings (SSSR count). The van der Waals surface area contributed by atoms with Gasteiger partial charge in [0.25, 0.3) is 0 Å². The van der Waals surface area contributed by atoms with Gasteiger partial charge >= 0.3 is 5.97 Å². The molecule has 0 saturated carbocycles. The number of benzene rings is 1. The summed E-state index contributed by atoms with van der Waals surface area (Å²) in [7, 11) is 0. The van der Waals surface area contributed by atoms with Crippen molar-refractivity contribution in [2.75, 3.05) is 13.2 Å². The van der Waals surface area contributed by atoms with Crippen LogP contribution in [0.3, 0.4) is 0 Å². The summed E-state index contributed by atoms with van der Waals surface area (Å²) < 4.78 is 16.1. The van der Waals surface area contributed by atoms with Crippen LogP contribution in [0.5, 0.6) is 0 Å². The lowest BCUT2D eigenvalue weighted by molar-refractivity contribution is -0.0209. The summed E-state index contributed by atoms with van der Waals surface area (Å²) in [5.41, 5.74) is 0.500. The van der Waals surface area contributed by atoms with Gasteiger partial charge in [0.15, 0.2) is 6.10 Å². The van der Waals surface area contributed by atoms with Gasteiger partial charge < -0.3 is 19.3 Å². The van der Waals surface area contributed by atoms with E-state index in [1.165, 1.54) is 0 Å². The minimum Gasteiger partial charge on any atom is -0.453 e. The van der Waals surface area contributed by atoms with Crippen molar-refractivity contribution in [2.24, 2.45) is 0 Å². The molecule has 2 heterocycles. The maximum atomic E-state index is 11.9. The minimum absolute atomic E-state index is 0.231. The van der Waals surface area contributed by atoms with Crippen LogP contribution in [0.25, 0.3) is 0 Å². The molecule has 1 aromatic carbocycles. The third-order valence-corrected chi connectivity index (χ3v) is 3.25. The lowest BCUT2D eigenvalue weighted by atomic mass is 10.1. The highest BCUT2D eigenvalue weighted by molar-refractivity contribution is 5.89. The molecule has 0 aliphatic carbocycles. The molecule has 5 nitrogen and oxygen atoms in total. The smallest absolute Gasteiger partial charge is 0.338 e. The summed E-state index contributed by atoms with van der Waals surface area (Å²) in [5, 5.41) is 9.58. The van der Waals surface area contributed by atoms with Crippen molar-refractivity contribution in [2.45, 2.75) is 24.4 Å². The Morgan fingerprint density at radius 2 is 1.89 bits per heavy atom. The minimum atomic E-state index is -0.629. The second-order valence-electron chi connectivity index (χ2n) is 4.47. The van der Waals surface area contributed by atoms with Gasteiger partial charge in [-0.25, -0.2) is 4.79 Å². The highest BCUT2D eigenvalue weighted by atomic mass is 16.6. The van der Waals surface area contributed by atoms with Gasteiger partial charge in [0, 0.05) is 0 Å². The Balaban J connectivity index is 1.66. The lowest BCUT2D eigenvalue weighted by Crippen LogP contribution is -2.34. The van der Waals surface area contributed by atoms with Gasteiger partial charge in [0.1, 0.15) is 18.3 Å². The van der Waals surface area contributed by atoms with Gasteiger partial charge in [-0.05, 0) is 12.1 Å². The molecule has 0 spiro atoms. The quantitative estimate of drug-likeness (QED) is 0.768. The zero-order valence-electron chi connectivity index (χ0n) is 9.69. The van der Waals surface area contributed by atoms with Crippen molar-refractivity contribution in [3.63, 3.8) is 0 Å². The molecule has 0 aromatic heterocycles. The standard InChI is InChI=1S/C13H14O5/c14-9-6-16-12-10(7-17-11(9)12)18-13(15)8-4-2-1-3-5-8/h1-5,9-12,14H,6-7H2. The van der Waals surface area contributed by atoms with E-state index in [0.29, 0.717) is 5.56 Å². The van der Waals surface area contributed by atoms with Gasteiger partial charge in [0.2, 0.25) is 0 Å². The zero-order valence-corrected chi connectivity index (χ0v) is 9.69. The van der Waals surface area contributed by atoms with Crippen molar-refractivity contribution >= 4 is 5.97 Å². The number of hydrogen-bond donors (Lipinski definition) is 1. The molecule has 0 radical (unpaired) electrons. The van der Waals surface area contributed by atoms with Gasteiger partial charge in [0.05, 0.1) is 18.8 Å². The molecule has 0 amide bonds. The van der Waals surface area contributed by atoms with Crippen LogP contribution >= 0.6 is 0 Å². The van der Waals surface area contributed by atoms with Crippen LogP contribution in [-0.4, -0.2) is 48.7 Å². The number of rotatable bonds is 2. The van der Waals surface area contributed by atoms with E-state index in [0.717, 1.165) is 0 Å². The predicted octanol–water partition coefficient (Wildman–Crippen LogP) is 0.370. The first-order chi connectivity index (χ1) is 8.75. The largest absolute Gasteiger partial charge is 0.453 e. The highest BCUT2D eigenvalue weighted by Crippen LogP contribution is 2.29. The SMILES string of the molecule is O=C(OC1COC2C(O)COC12)c1ccccc1. The van der Waals surface area contributed by atoms with Gasteiger partial charge in [-0.1, -0.05) is 18.2 Å². The number of ether oxygens (including phenoxy) is 3.